The van der Waals surface area contributed by atoms with Gasteiger partial charge in [-0.1, -0.05) is 17.9 Å². The molecule has 1 aromatic carbocycles. The number of amides is 3. The summed E-state index contributed by atoms with van der Waals surface area (Å²) in [6.45, 7) is 8.45. The van der Waals surface area contributed by atoms with Gasteiger partial charge in [-0.3, -0.25) is 33.8 Å². The number of benzene rings is 1. The van der Waals surface area contributed by atoms with Crippen molar-refractivity contribution in [2.45, 2.75) is 102 Å². The Balaban J connectivity index is 0.763. The molecule has 0 spiro atoms. The quantitative estimate of drug-likeness (QED) is 0.190. The number of anilines is 1. The fourth-order valence-electron chi connectivity index (χ4n) is 10.3. The lowest BCUT2D eigenvalue weighted by Crippen LogP contribution is -2.45. The first-order chi connectivity index (χ1) is 30.4. The number of imidazole rings is 1. The standard InChI is InChI=1S/C46H54F2N10O5/c1-27-24-56(25-28(2)63-27)33-18-21-57-37(22-33)34(23-49-57)44(60)53-43-39(41(47)48)51-42(52-43)32-12-10-30(11-13-32)26-55-19-16-29(17-20-55)6-4-7-31-8-5-9-35-40(31)54(3)46(62)58(35)36-14-15-38(59)50-45(36)61/h5,8-9,18,21-23,27-30,32,36,41-42H,6,10-17,19-20,24-26H2,1-3H3,(H,50,59,61)(H,52,53,60)/t27-,28-,30-,32-,36?,42?/m1/s1. The predicted octanol–water partition coefficient (Wildman–Crippen LogP) is 4.71. The van der Waals surface area contributed by atoms with Crippen molar-refractivity contribution in [3.05, 3.63) is 64.3 Å². The highest BCUT2D eigenvalue weighted by Crippen LogP contribution is 2.36. The fourth-order valence-corrected chi connectivity index (χ4v) is 10.3. The summed E-state index contributed by atoms with van der Waals surface area (Å²) in [5, 5.41) is 9.36. The van der Waals surface area contributed by atoms with E-state index in [-0.39, 0.29) is 54.0 Å². The van der Waals surface area contributed by atoms with Crippen molar-refractivity contribution in [3.8, 4) is 11.8 Å². The van der Waals surface area contributed by atoms with Crippen LogP contribution in [0.15, 0.2) is 57.5 Å². The van der Waals surface area contributed by atoms with Gasteiger partial charge in [-0.05, 0) is 108 Å². The van der Waals surface area contributed by atoms with Gasteiger partial charge in [0.1, 0.15) is 17.9 Å². The number of hydrogen-bond acceptors (Lipinski definition) is 10. The number of hydrogen-bond donors (Lipinski definition) is 2. The number of nitrogens with one attached hydrogen (secondary N) is 2. The number of amidine groups is 1. The van der Waals surface area contributed by atoms with Gasteiger partial charge in [-0.25, -0.2) is 23.1 Å². The number of para-hydroxylation sites is 1. The first kappa shape index (κ1) is 42.6. The first-order valence-corrected chi connectivity index (χ1v) is 22.3. The molecule has 3 amide bonds. The van der Waals surface area contributed by atoms with Gasteiger partial charge in [-0.2, -0.15) is 5.10 Å². The highest BCUT2D eigenvalue weighted by atomic mass is 19.3. The molecule has 17 heteroatoms. The number of carbonyl (C=O) groups excluding carboxylic acids is 3. The third-order valence-corrected chi connectivity index (χ3v) is 13.5. The first-order valence-electron chi connectivity index (χ1n) is 22.3. The number of alkyl halides is 2. The van der Waals surface area contributed by atoms with Crippen LogP contribution < -0.4 is 21.2 Å². The van der Waals surface area contributed by atoms with E-state index in [0.29, 0.717) is 41.5 Å². The molecule has 2 N–H and O–H groups in total. The van der Waals surface area contributed by atoms with Gasteiger partial charge < -0.3 is 19.9 Å². The minimum absolute atomic E-state index is 0.0239. The van der Waals surface area contributed by atoms with E-state index in [2.05, 4.69) is 47.4 Å². The molecular weight excluding hydrogens is 811 g/mol. The van der Waals surface area contributed by atoms with E-state index >= 15 is 0 Å². The van der Waals surface area contributed by atoms with Gasteiger partial charge in [0, 0.05) is 57.3 Å². The van der Waals surface area contributed by atoms with Gasteiger partial charge in [-0.15, -0.1) is 0 Å². The van der Waals surface area contributed by atoms with Crippen molar-refractivity contribution in [1.82, 2.24) is 34.3 Å². The summed E-state index contributed by atoms with van der Waals surface area (Å²) in [5.41, 5.74) is 3.03. The normalized spacial score (nSPS) is 26.2. The lowest BCUT2D eigenvalue weighted by molar-refractivity contribution is -0.135. The second-order valence-corrected chi connectivity index (χ2v) is 18.0. The molecular formula is C46H54F2N10O5. The molecule has 3 saturated heterocycles. The number of pyridine rings is 1. The highest BCUT2D eigenvalue weighted by molar-refractivity contribution is 6.46. The van der Waals surface area contributed by atoms with E-state index in [4.69, 9.17) is 4.74 Å². The molecule has 1 aliphatic carbocycles. The minimum Gasteiger partial charge on any atom is -0.372 e. The molecule has 3 aromatic heterocycles. The Hall–Kier alpha value is -5.73. The summed E-state index contributed by atoms with van der Waals surface area (Å²) in [4.78, 5) is 64.9. The molecule has 4 atom stereocenters. The van der Waals surface area contributed by atoms with Crippen LogP contribution in [0.4, 0.5) is 14.5 Å². The number of likely N-dealkylation sites (tertiary alicyclic amines) is 1. The Morgan fingerprint density at radius 3 is 2.46 bits per heavy atom. The van der Waals surface area contributed by atoms with Crippen molar-refractivity contribution >= 4 is 51.5 Å². The van der Waals surface area contributed by atoms with Crippen molar-refractivity contribution in [1.29, 1.82) is 0 Å². The molecule has 4 aliphatic heterocycles. The van der Waals surface area contributed by atoms with Gasteiger partial charge in [0.15, 0.2) is 5.84 Å². The molecule has 15 nitrogen and oxygen atoms in total. The van der Waals surface area contributed by atoms with Gasteiger partial charge in [0.05, 0.1) is 46.1 Å². The number of ether oxygens (including phenoxy) is 1. The molecule has 63 heavy (non-hydrogen) atoms. The Bertz CT molecular complexity index is 2590. The third kappa shape index (κ3) is 8.80. The van der Waals surface area contributed by atoms with Crippen LogP contribution in [0.3, 0.4) is 0 Å². The number of halogens is 2. The van der Waals surface area contributed by atoms with Crippen molar-refractivity contribution in [3.63, 3.8) is 0 Å². The maximum Gasteiger partial charge on any atom is 0.329 e. The number of rotatable bonds is 8. The number of piperidine rings is 2. The number of imide groups is 1. The average Bonchev–Trinajstić information content (AvgIpc) is 3.96. The zero-order valence-electron chi connectivity index (χ0n) is 35.9. The molecule has 1 saturated carbocycles. The van der Waals surface area contributed by atoms with Crippen LogP contribution in [-0.2, 0) is 21.4 Å². The van der Waals surface area contributed by atoms with E-state index in [1.54, 1.807) is 17.8 Å². The van der Waals surface area contributed by atoms with E-state index in [1.807, 2.05) is 44.2 Å². The van der Waals surface area contributed by atoms with Crippen molar-refractivity contribution in [2.24, 2.45) is 34.8 Å². The average molecular weight is 865 g/mol. The third-order valence-electron chi connectivity index (χ3n) is 13.5. The van der Waals surface area contributed by atoms with Gasteiger partial charge in [0.25, 0.3) is 12.3 Å². The summed E-state index contributed by atoms with van der Waals surface area (Å²) in [5.74, 6) is 6.18. The number of fused-ring (bicyclic) bond motifs is 2. The number of nitrogens with zero attached hydrogens (tertiary/aromatic N) is 8. The Morgan fingerprint density at radius 2 is 1.73 bits per heavy atom. The summed E-state index contributed by atoms with van der Waals surface area (Å²) in [6, 6.07) is 8.66. The van der Waals surface area contributed by atoms with Crippen LogP contribution in [0.25, 0.3) is 16.6 Å². The second kappa shape index (κ2) is 17.8. The predicted molar refractivity (Wildman–Crippen MR) is 234 cm³/mol. The highest BCUT2D eigenvalue weighted by Gasteiger charge is 2.37. The smallest absolute Gasteiger partial charge is 0.329 e. The molecule has 2 unspecified atom stereocenters. The van der Waals surface area contributed by atoms with Crippen LogP contribution in [0.1, 0.15) is 93.6 Å². The molecule has 5 aliphatic rings. The molecule has 0 bridgehead atoms. The molecule has 9 rings (SSSR count). The fraction of sp³-hybridized carbons (Fsp3) is 0.543. The second-order valence-electron chi connectivity index (χ2n) is 18.0. The molecule has 4 aromatic rings. The number of aryl methyl sites for hydroxylation is 1. The summed E-state index contributed by atoms with van der Waals surface area (Å²) < 4.78 is 39.1. The molecule has 0 radical (unpaired) electrons. The Morgan fingerprint density at radius 1 is 0.968 bits per heavy atom. The summed E-state index contributed by atoms with van der Waals surface area (Å²) >= 11 is 0. The lowest BCUT2D eigenvalue weighted by atomic mass is 9.80. The zero-order valence-corrected chi connectivity index (χ0v) is 35.9. The number of carbonyl (C=O) groups is 3. The molecule has 332 valence electrons. The molecule has 7 heterocycles. The van der Waals surface area contributed by atoms with Gasteiger partial charge >= 0.3 is 5.69 Å². The number of aliphatic imine (C=N–C) groups is 2. The largest absolute Gasteiger partial charge is 0.372 e. The summed E-state index contributed by atoms with van der Waals surface area (Å²) in [7, 11) is 1.69. The van der Waals surface area contributed by atoms with E-state index in [0.717, 1.165) is 75.8 Å². The zero-order chi connectivity index (χ0) is 43.9. The molecule has 4 fully saturated rings. The van der Waals surface area contributed by atoms with E-state index in [1.165, 1.54) is 15.3 Å². The van der Waals surface area contributed by atoms with Crippen LogP contribution in [0, 0.1) is 29.6 Å². The maximum atomic E-state index is 14.3. The lowest BCUT2D eigenvalue weighted by Gasteiger charge is -2.36. The number of aromatic nitrogens is 4. The maximum absolute atomic E-state index is 14.3. The van der Waals surface area contributed by atoms with E-state index in [9.17, 15) is 28.0 Å². The number of morpholine rings is 1. The minimum atomic E-state index is -2.87. The van der Waals surface area contributed by atoms with Crippen molar-refractivity contribution in [2.75, 3.05) is 37.6 Å². The van der Waals surface area contributed by atoms with Crippen LogP contribution >= 0.6 is 0 Å². The van der Waals surface area contributed by atoms with Gasteiger partial charge in [0.2, 0.25) is 11.8 Å². The Labute approximate surface area is 363 Å². The van der Waals surface area contributed by atoms with Crippen molar-refractivity contribution < 1.29 is 27.9 Å². The topological polar surface area (TPSA) is 160 Å². The monoisotopic (exact) mass is 864 g/mol. The van der Waals surface area contributed by atoms with Crippen LogP contribution in [0.5, 0.6) is 0 Å². The SMILES string of the molecule is C[C@@H]1CN(c2ccn3ncc(C(=O)NC4=NC([C@H]5CC[C@H](CN6CCC(CC#Cc7cccc8c7n(C)c(=O)n8C7CCC(=O)NC7=O)CC6)CC5)N=C4C(F)F)c3c2)C[C@@H](C)O1. The summed E-state index contributed by atoms with van der Waals surface area (Å²) in [6.07, 6.45) is 6.73. The van der Waals surface area contributed by atoms with Crippen LogP contribution in [-0.4, -0.2) is 110 Å². The van der Waals surface area contributed by atoms with E-state index < -0.39 is 36.2 Å². The Kier molecular flexibility index (Phi) is 12.0. The van der Waals surface area contributed by atoms with Crippen LogP contribution in [0.2, 0.25) is 0 Å².